The Morgan fingerprint density at radius 3 is 2.85 bits per heavy atom. The van der Waals surface area contributed by atoms with Gasteiger partial charge < -0.3 is 15.4 Å². The molecule has 0 saturated heterocycles. The quantitative estimate of drug-likeness (QED) is 0.517. The third-order valence-corrected chi connectivity index (χ3v) is 4.64. The maximum Gasteiger partial charge on any atom is 0.166 e. The number of aliphatic hydroxyl groups excluding tert-OH is 1. The van der Waals surface area contributed by atoms with Crippen molar-refractivity contribution in [3.8, 4) is 0 Å². The lowest BCUT2D eigenvalue weighted by Gasteiger charge is -2.26. The minimum atomic E-state index is -0.149. The van der Waals surface area contributed by atoms with Crippen LogP contribution >= 0.6 is 11.8 Å². The number of para-hydroxylation sites is 2. The molecule has 110 valence electrons. The van der Waals surface area contributed by atoms with E-state index < -0.39 is 0 Å². The molecule has 3 N–H and O–H groups in total. The molecule has 0 spiro atoms. The zero-order valence-corrected chi connectivity index (χ0v) is 13.0. The van der Waals surface area contributed by atoms with Crippen molar-refractivity contribution in [1.29, 1.82) is 0 Å². The van der Waals surface area contributed by atoms with Crippen LogP contribution in [0.2, 0.25) is 0 Å². The maximum atomic E-state index is 9.32. The van der Waals surface area contributed by atoms with Gasteiger partial charge in [0.05, 0.1) is 17.6 Å². The topological polar surface area (TPSA) is 60.9 Å². The molecule has 0 amide bonds. The van der Waals surface area contributed by atoms with Crippen LogP contribution in [0.15, 0.2) is 29.4 Å². The van der Waals surface area contributed by atoms with Crippen molar-refractivity contribution in [2.24, 2.45) is 0 Å². The van der Waals surface area contributed by atoms with Gasteiger partial charge in [-0.2, -0.15) is 0 Å². The average Bonchev–Trinajstić information content (AvgIpc) is 2.89. The first-order chi connectivity index (χ1) is 9.67. The van der Waals surface area contributed by atoms with Crippen molar-refractivity contribution in [3.05, 3.63) is 24.3 Å². The number of rotatable bonds is 8. The van der Waals surface area contributed by atoms with Crippen LogP contribution in [0.4, 0.5) is 0 Å². The van der Waals surface area contributed by atoms with Crippen LogP contribution in [0, 0.1) is 0 Å². The summed E-state index contributed by atoms with van der Waals surface area (Å²) < 4.78 is 0. The number of H-pyrrole nitrogens is 1. The highest BCUT2D eigenvalue weighted by molar-refractivity contribution is 7.99. The minimum absolute atomic E-state index is 0.149. The lowest BCUT2D eigenvalue weighted by molar-refractivity contribution is 0.171. The summed E-state index contributed by atoms with van der Waals surface area (Å²) >= 11 is 1.76. The van der Waals surface area contributed by atoms with Crippen molar-refractivity contribution in [2.45, 2.75) is 36.9 Å². The Labute approximate surface area is 124 Å². The van der Waals surface area contributed by atoms with Gasteiger partial charge in [-0.15, -0.1) is 0 Å². The molecule has 20 heavy (non-hydrogen) atoms. The van der Waals surface area contributed by atoms with Gasteiger partial charge in [-0.25, -0.2) is 4.98 Å². The number of aromatic amines is 1. The fourth-order valence-corrected chi connectivity index (χ4v) is 2.95. The number of hydrogen-bond donors (Lipinski definition) is 3. The monoisotopic (exact) mass is 293 g/mol. The third-order valence-electron chi connectivity index (χ3n) is 3.68. The molecule has 0 fully saturated rings. The number of likely N-dealkylation sites (N-methyl/N-ethyl adjacent to an activating group) is 1. The summed E-state index contributed by atoms with van der Waals surface area (Å²) in [5.41, 5.74) is 1.97. The number of aliphatic hydroxyl groups is 1. The zero-order chi connectivity index (χ0) is 14.4. The Balaban J connectivity index is 1.73. The second-order valence-corrected chi connectivity index (χ2v) is 6.42. The summed E-state index contributed by atoms with van der Waals surface area (Å²) in [5.74, 6) is 1.05. The van der Waals surface area contributed by atoms with Gasteiger partial charge in [-0.05, 0) is 38.9 Å². The molecular weight excluding hydrogens is 270 g/mol. The first kappa shape index (κ1) is 15.4. The van der Waals surface area contributed by atoms with E-state index in [2.05, 4.69) is 22.2 Å². The van der Waals surface area contributed by atoms with E-state index in [-0.39, 0.29) is 12.1 Å². The second-order valence-electron chi connectivity index (χ2n) is 5.33. The van der Waals surface area contributed by atoms with Crippen molar-refractivity contribution in [3.63, 3.8) is 0 Å². The standard InChI is InChI=1S/C15H23N3OS/c1-15(11-19,16-2)9-5-6-10-20-14-17-12-7-3-4-8-13(12)18-14/h3-4,7-8,16,19H,5-6,9-11H2,1-2H3,(H,17,18). The maximum absolute atomic E-state index is 9.32. The lowest BCUT2D eigenvalue weighted by Crippen LogP contribution is -2.43. The van der Waals surface area contributed by atoms with Gasteiger partial charge in [0.15, 0.2) is 5.16 Å². The molecule has 1 atom stereocenters. The Morgan fingerprint density at radius 2 is 2.15 bits per heavy atom. The van der Waals surface area contributed by atoms with E-state index >= 15 is 0 Å². The normalized spacial score (nSPS) is 14.6. The molecule has 2 aromatic rings. The van der Waals surface area contributed by atoms with E-state index in [9.17, 15) is 5.11 Å². The van der Waals surface area contributed by atoms with E-state index in [4.69, 9.17) is 0 Å². The molecule has 0 bridgehead atoms. The molecule has 2 rings (SSSR count). The molecule has 0 aliphatic rings. The van der Waals surface area contributed by atoms with Gasteiger partial charge in [0, 0.05) is 11.3 Å². The molecule has 0 aliphatic heterocycles. The van der Waals surface area contributed by atoms with Gasteiger partial charge in [-0.1, -0.05) is 30.3 Å². The van der Waals surface area contributed by atoms with Crippen LogP contribution in [-0.2, 0) is 0 Å². The van der Waals surface area contributed by atoms with E-state index in [1.54, 1.807) is 11.8 Å². The number of thioether (sulfide) groups is 1. The molecule has 5 heteroatoms. The Morgan fingerprint density at radius 1 is 1.35 bits per heavy atom. The van der Waals surface area contributed by atoms with Crippen molar-refractivity contribution in [1.82, 2.24) is 15.3 Å². The third kappa shape index (κ3) is 3.98. The van der Waals surface area contributed by atoms with Crippen LogP contribution in [-0.4, -0.2) is 40.0 Å². The molecule has 1 heterocycles. The van der Waals surface area contributed by atoms with Gasteiger partial charge in [0.2, 0.25) is 0 Å². The summed E-state index contributed by atoms with van der Waals surface area (Å²) in [5, 5.41) is 13.5. The first-order valence-electron chi connectivity index (χ1n) is 7.04. The fourth-order valence-electron chi connectivity index (χ4n) is 2.07. The van der Waals surface area contributed by atoms with Crippen molar-refractivity contribution in [2.75, 3.05) is 19.4 Å². The fraction of sp³-hybridized carbons (Fsp3) is 0.533. The van der Waals surface area contributed by atoms with Crippen molar-refractivity contribution >= 4 is 22.8 Å². The molecule has 1 aromatic heterocycles. The summed E-state index contributed by atoms with van der Waals surface area (Å²) in [6.07, 6.45) is 3.21. The van der Waals surface area contributed by atoms with Gasteiger partial charge in [-0.3, -0.25) is 0 Å². The Hall–Kier alpha value is -1.04. The lowest BCUT2D eigenvalue weighted by atomic mass is 9.96. The molecule has 1 aromatic carbocycles. The zero-order valence-electron chi connectivity index (χ0n) is 12.1. The summed E-state index contributed by atoms with van der Waals surface area (Å²) in [6, 6.07) is 8.09. The second kappa shape index (κ2) is 7.11. The SMILES string of the molecule is CNC(C)(CO)CCCCSc1nc2ccccc2[nH]1. The van der Waals surface area contributed by atoms with Crippen LogP contribution in [0.25, 0.3) is 11.0 Å². The van der Waals surface area contributed by atoms with Crippen LogP contribution in [0.3, 0.4) is 0 Å². The molecule has 4 nitrogen and oxygen atoms in total. The van der Waals surface area contributed by atoms with E-state index in [0.717, 1.165) is 41.2 Å². The minimum Gasteiger partial charge on any atom is -0.394 e. The molecule has 0 aliphatic carbocycles. The van der Waals surface area contributed by atoms with Crippen LogP contribution < -0.4 is 5.32 Å². The highest BCUT2D eigenvalue weighted by atomic mass is 32.2. The van der Waals surface area contributed by atoms with Crippen LogP contribution in [0.1, 0.15) is 26.2 Å². The van der Waals surface area contributed by atoms with Gasteiger partial charge in [0.25, 0.3) is 0 Å². The van der Waals surface area contributed by atoms with E-state index in [1.807, 2.05) is 31.3 Å². The van der Waals surface area contributed by atoms with Gasteiger partial charge >= 0.3 is 0 Å². The van der Waals surface area contributed by atoms with Crippen LogP contribution in [0.5, 0.6) is 0 Å². The predicted octanol–water partition coefficient (Wildman–Crippen LogP) is 2.80. The molecule has 0 radical (unpaired) electrons. The average molecular weight is 293 g/mol. The Kier molecular flexibility index (Phi) is 5.46. The number of imidazole rings is 1. The van der Waals surface area contributed by atoms with E-state index in [0.29, 0.717) is 0 Å². The number of nitrogens with one attached hydrogen (secondary N) is 2. The smallest absolute Gasteiger partial charge is 0.166 e. The van der Waals surface area contributed by atoms with Crippen molar-refractivity contribution < 1.29 is 5.11 Å². The first-order valence-corrected chi connectivity index (χ1v) is 8.03. The Bertz CT molecular complexity index is 504. The number of aromatic nitrogens is 2. The molecule has 0 saturated carbocycles. The highest BCUT2D eigenvalue weighted by Gasteiger charge is 2.19. The van der Waals surface area contributed by atoms with E-state index in [1.165, 1.54) is 0 Å². The predicted molar refractivity (Wildman–Crippen MR) is 85.2 cm³/mol. The molecule has 1 unspecified atom stereocenters. The highest BCUT2D eigenvalue weighted by Crippen LogP contribution is 2.21. The molecular formula is C15H23N3OS. The number of unbranched alkanes of at least 4 members (excludes halogenated alkanes) is 1. The number of hydrogen-bond acceptors (Lipinski definition) is 4. The number of nitrogens with zero attached hydrogens (tertiary/aromatic N) is 1. The summed E-state index contributed by atoms with van der Waals surface area (Å²) in [7, 11) is 1.90. The number of benzene rings is 1. The number of fused-ring (bicyclic) bond motifs is 1. The largest absolute Gasteiger partial charge is 0.394 e. The van der Waals surface area contributed by atoms with Gasteiger partial charge in [0.1, 0.15) is 0 Å². The summed E-state index contributed by atoms with van der Waals surface area (Å²) in [4.78, 5) is 7.87. The summed E-state index contributed by atoms with van der Waals surface area (Å²) in [6.45, 7) is 2.24.